The number of carbonyl (C=O) groups is 2. The first-order chi connectivity index (χ1) is 11.6. The standard InChI is InChI=1S/C19H14O5/c1-23-14-9-7-12(8-10-14)17(20)15-11-24-18(16(15)19(21)22)13-5-3-2-4-6-13/h2-11H,1H3,(H,21,22). The lowest BCUT2D eigenvalue weighted by molar-refractivity contribution is 0.0693. The van der Waals surface area contributed by atoms with Gasteiger partial charge >= 0.3 is 5.97 Å². The molecule has 0 radical (unpaired) electrons. The number of methoxy groups -OCH3 is 1. The minimum atomic E-state index is -1.21. The Balaban J connectivity index is 2.06. The van der Waals surface area contributed by atoms with E-state index in [1.54, 1.807) is 48.5 Å². The Labute approximate surface area is 138 Å². The third-order valence-corrected chi connectivity index (χ3v) is 3.64. The average molecular weight is 322 g/mol. The largest absolute Gasteiger partial charge is 0.497 e. The Morgan fingerprint density at radius 1 is 1.00 bits per heavy atom. The zero-order valence-corrected chi connectivity index (χ0v) is 12.9. The van der Waals surface area contributed by atoms with E-state index in [0.29, 0.717) is 16.9 Å². The molecule has 0 saturated heterocycles. The lowest BCUT2D eigenvalue weighted by atomic mass is 9.99. The normalized spacial score (nSPS) is 10.4. The molecular formula is C19H14O5. The van der Waals surface area contributed by atoms with Gasteiger partial charge in [-0.2, -0.15) is 0 Å². The summed E-state index contributed by atoms with van der Waals surface area (Å²) in [6.45, 7) is 0. The Morgan fingerprint density at radius 3 is 2.25 bits per heavy atom. The quantitative estimate of drug-likeness (QED) is 0.721. The molecule has 2 aromatic carbocycles. The summed E-state index contributed by atoms with van der Waals surface area (Å²) in [4.78, 5) is 24.3. The van der Waals surface area contributed by atoms with E-state index in [1.165, 1.54) is 13.4 Å². The summed E-state index contributed by atoms with van der Waals surface area (Å²) in [5.74, 6) is -0.845. The highest BCUT2D eigenvalue weighted by Gasteiger charge is 2.26. The molecule has 24 heavy (non-hydrogen) atoms. The van der Waals surface area contributed by atoms with Crippen LogP contribution < -0.4 is 4.74 Å². The maximum atomic E-state index is 12.7. The second-order valence-corrected chi connectivity index (χ2v) is 5.08. The lowest BCUT2D eigenvalue weighted by Gasteiger charge is -2.03. The van der Waals surface area contributed by atoms with Crippen LogP contribution in [0.5, 0.6) is 5.75 Å². The van der Waals surface area contributed by atoms with Gasteiger partial charge in [0.1, 0.15) is 23.3 Å². The molecule has 0 spiro atoms. The van der Waals surface area contributed by atoms with Gasteiger partial charge in [-0.1, -0.05) is 30.3 Å². The van der Waals surface area contributed by atoms with Crippen molar-refractivity contribution in [2.24, 2.45) is 0 Å². The van der Waals surface area contributed by atoms with Gasteiger partial charge in [0.2, 0.25) is 0 Å². The van der Waals surface area contributed by atoms with Crippen LogP contribution in [-0.2, 0) is 0 Å². The van der Waals surface area contributed by atoms with Crippen molar-refractivity contribution in [3.63, 3.8) is 0 Å². The molecular weight excluding hydrogens is 308 g/mol. The fourth-order valence-electron chi connectivity index (χ4n) is 2.44. The molecule has 0 aliphatic rings. The third-order valence-electron chi connectivity index (χ3n) is 3.64. The summed E-state index contributed by atoms with van der Waals surface area (Å²) in [6, 6.07) is 15.3. The summed E-state index contributed by atoms with van der Waals surface area (Å²) in [7, 11) is 1.53. The highest BCUT2D eigenvalue weighted by molar-refractivity contribution is 6.15. The van der Waals surface area contributed by atoms with Crippen LogP contribution in [0.15, 0.2) is 65.3 Å². The molecule has 1 N–H and O–H groups in total. The lowest BCUT2D eigenvalue weighted by Crippen LogP contribution is -2.08. The van der Waals surface area contributed by atoms with E-state index in [-0.39, 0.29) is 16.9 Å². The molecule has 5 heteroatoms. The number of aromatic carboxylic acids is 1. The van der Waals surface area contributed by atoms with Crippen molar-refractivity contribution in [1.82, 2.24) is 0 Å². The Kier molecular flexibility index (Phi) is 4.16. The van der Waals surface area contributed by atoms with Gasteiger partial charge in [-0.3, -0.25) is 4.79 Å². The number of ether oxygens (including phenoxy) is 1. The number of carboxylic acid groups (broad SMARTS) is 1. The summed E-state index contributed by atoms with van der Waals surface area (Å²) in [5, 5.41) is 9.54. The highest BCUT2D eigenvalue weighted by Crippen LogP contribution is 2.30. The number of ketones is 1. The molecule has 0 fully saturated rings. The minimum absolute atomic E-state index is 0.0199. The van der Waals surface area contributed by atoms with Crippen molar-refractivity contribution in [2.45, 2.75) is 0 Å². The van der Waals surface area contributed by atoms with Crippen LogP contribution in [0.3, 0.4) is 0 Å². The van der Waals surface area contributed by atoms with Crippen molar-refractivity contribution < 1.29 is 23.8 Å². The second kappa shape index (κ2) is 6.42. The van der Waals surface area contributed by atoms with Crippen molar-refractivity contribution >= 4 is 11.8 Å². The molecule has 0 aliphatic heterocycles. The summed E-state index contributed by atoms with van der Waals surface area (Å²) in [6.07, 6.45) is 1.19. The van der Waals surface area contributed by atoms with Gasteiger partial charge in [0.05, 0.1) is 12.7 Å². The number of benzene rings is 2. The van der Waals surface area contributed by atoms with Crippen LogP contribution >= 0.6 is 0 Å². The van der Waals surface area contributed by atoms with E-state index in [2.05, 4.69) is 0 Å². The van der Waals surface area contributed by atoms with Gasteiger partial charge in [-0.05, 0) is 24.3 Å². The molecule has 0 aliphatic carbocycles. The van der Waals surface area contributed by atoms with E-state index in [9.17, 15) is 14.7 Å². The van der Waals surface area contributed by atoms with Crippen LogP contribution in [-0.4, -0.2) is 24.0 Å². The van der Waals surface area contributed by atoms with Crippen LogP contribution in [0, 0.1) is 0 Å². The van der Waals surface area contributed by atoms with Crippen molar-refractivity contribution in [3.05, 3.63) is 77.6 Å². The number of hydrogen-bond donors (Lipinski definition) is 1. The summed E-state index contributed by atoms with van der Waals surface area (Å²) >= 11 is 0. The summed E-state index contributed by atoms with van der Waals surface area (Å²) < 4.78 is 10.5. The maximum absolute atomic E-state index is 12.7. The molecule has 120 valence electrons. The molecule has 0 atom stereocenters. The highest BCUT2D eigenvalue weighted by atomic mass is 16.5. The zero-order chi connectivity index (χ0) is 17.1. The number of rotatable bonds is 5. The topological polar surface area (TPSA) is 76.7 Å². The second-order valence-electron chi connectivity index (χ2n) is 5.08. The molecule has 3 rings (SSSR count). The van der Waals surface area contributed by atoms with Crippen molar-refractivity contribution in [2.75, 3.05) is 7.11 Å². The van der Waals surface area contributed by atoms with Crippen LogP contribution in [0.25, 0.3) is 11.3 Å². The third kappa shape index (κ3) is 2.79. The minimum Gasteiger partial charge on any atom is -0.497 e. The zero-order valence-electron chi connectivity index (χ0n) is 12.9. The fourth-order valence-corrected chi connectivity index (χ4v) is 2.44. The Hall–Kier alpha value is -3.34. The van der Waals surface area contributed by atoms with E-state index < -0.39 is 11.8 Å². The van der Waals surface area contributed by atoms with Gasteiger partial charge in [-0.25, -0.2) is 4.79 Å². The van der Waals surface area contributed by atoms with Crippen molar-refractivity contribution in [3.8, 4) is 17.1 Å². The number of furan rings is 1. The van der Waals surface area contributed by atoms with Crippen molar-refractivity contribution in [1.29, 1.82) is 0 Å². The Morgan fingerprint density at radius 2 is 1.67 bits per heavy atom. The predicted octanol–water partition coefficient (Wildman–Crippen LogP) is 3.88. The van der Waals surface area contributed by atoms with E-state index in [1.807, 2.05) is 6.07 Å². The molecule has 5 nitrogen and oxygen atoms in total. The van der Waals surface area contributed by atoms with Gasteiger partial charge in [0, 0.05) is 11.1 Å². The average Bonchev–Trinajstić information content (AvgIpc) is 3.07. The molecule has 3 aromatic rings. The molecule has 1 aromatic heterocycles. The van der Waals surface area contributed by atoms with Gasteiger partial charge in [0.15, 0.2) is 5.78 Å². The predicted molar refractivity (Wildman–Crippen MR) is 87.5 cm³/mol. The molecule has 0 amide bonds. The SMILES string of the molecule is COc1ccc(C(=O)c2coc(-c3ccccc3)c2C(=O)O)cc1. The number of hydrogen-bond acceptors (Lipinski definition) is 4. The van der Waals surface area contributed by atoms with E-state index in [0.717, 1.165) is 0 Å². The summed E-state index contributed by atoms with van der Waals surface area (Å²) in [5.41, 5.74) is 0.843. The monoisotopic (exact) mass is 322 g/mol. The number of carbonyl (C=O) groups excluding carboxylic acids is 1. The van der Waals surface area contributed by atoms with Crippen LogP contribution in [0.1, 0.15) is 26.3 Å². The molecule has 0 saturated carbocycles. The first kappa shape index (κ1) is 15.6. The van der Waals surface area contributed by atoms with E-state index >= 15 is 0 Å². The van der Waals surface area contributed by atoms with E-state index in [4.69, 9.17) is 9.15 Å². The smallest absolute Gasteiger partial charge is 0.340 e. The Bertz CT molecular complexity index is 876. The molecule has 0 unspecified atom stereocenters. The fraction of sp³-hybridized carbons (Fsp3) is 0.0526. The first-order valence-electron chi connectivity index (χ1n) is 7.20. The maximum Gasteiger partial charge on any atom is 0.340 e. The van der Waals surface area contributed by atoms with Crippen LogP contribution in [0.2, 0.25) is 0 Å². The molecule has 0 bridgehead atoms. The van der Waals surface area contributed by atoms with Crippen LogP contribution in [0.4, 0.5) is 0 Å². The number of carboxylic acids is 1. The van der Waals surface area contributed by atoms with Gasteiger partial charge in [-0.15, -0.1) is 0 Å². The first-order valence-corrected chi connectivity index (χ1v) is 7.20. The van der Waals surface area contributed by atoms with Gasteiger partial charge < -0.3 is 14.3 Å². The molecule has 1 heterocycles. The van der Waals surface area contributed by atoms with Gasteiger partial charge in [0.25, 0.3) is 0 Å².